The second kappa shape index (κ2) is 7.19. The summed E-state index contributed by atoms with van der Waals surface area (Å²) in [5.74, 6) is 3.67. The van der Waals surface area contributed by atoms with Crippen LogP contribution in [0.2, 0.25) is 0 Å². The van der Waals surface area contributed by atoms with Gasteiger partial charge in [-0.05, 0) is 0 Å². The summed E-state index contributed by atoms with van der Waals surface area (Å²) in [5, 5.41) is 17.4. The van der Waals surface area contributed by atoms with Gasteiger partial charge < -0.3 is 10.2 Å². The monoisotopic (exact) mass is 238 g/mol. The van der Waals surface area contributed by atoms with Crippen molar-refractivity contribution in [3.8, 4) is 11.8 Å². The van der Waals surface area contributed by atoms with Crippen LogP contribution in [0.25, 0.3) is 0 Å². The van der Waals surface area contributed by atoms with Crippen molar-refractivity contribution in [3.05, 3.63) is 0 Å². The fraction of sp³-hybridized carbons (Fsp3) is 0.571. The van der Waals surface area contributed by atoms with E-state index in [9.17, 15) is 13.2 Å². The van der Waals surface area contributed by atoms with E-state index in [1.165, 1.54) is 0 Å². The summed E-state index contributed by atoms with van der Waals surface area (Å²) in [4.78, 5) is 13.2. The Morgan fingerprint density at radius 1 is 1.47 bits per heavy atom. The Kier molecular flexibility index (Phi) is 6.64. The van der Waals surface area contributed by atoms with Crippen molar-refractivity contribution in [2.75, 3.05) is 12.4 Å². The fourth-order valence-electron chi connectivity index (χ4n) is 0.585. The Bertz CT molecular complexity index is 336. The zero-order chi connectivity index (χ0) is 11.7. The molecular formula is C7H10O7S. The van der Waals surface area contributed by atoms with Gasteiger partial charge in [0.05, 0.1) is 6.61 Å². The molecule has 0 bridgehead atoms. The maximum atomic E-state index is 10.8. The average molecular weight is 238 g/mol. The van der Waals surface area contributed by atoms with Gasteiger partial charge in [0.2, 0.25) is 0 Å². The van der Waals surface area contributed by atoms with E-state index in [-0.39, 0.29) is 19.5 Å². The van der Waals surface area contributed by atoms with Gasteiger partial charge >= 0.3 is 16.6 Å². The minimum Gasteiger partial charge on any atom is -0.395 e. The Hall–Kier alpha value is -1.14. The third kappa shape index (κ3) is 7.90. The number of aliphatic hydroxyl groups is 2. The van der Waals surface area contributed by atoms with Crippen LogP contribution >= 0.6 is 0 Å². The maximum absolute atomic E-state index is 10.8. The highest BCUT2D eigenvalue weighted by Gasteiger charge is 2.17. The second-order valence-electron chi connectivity index (χ2n) is 2.30. The van der Waals surface area contributed by atoms with Crippen molar-refractivity contribution in [1.82, 2.24) is 0 Å². The highest BCUT2D eigenvalue weighted by Crippen LogP contribution is 1.96. The van der Waals surface area contributed by atoms with Crippen LogP contribution in [0, 0.1) is 11.8 Å². The van der Waals surface area contributed by atoms with Crippen LogP contribution in [0.4, 0.5) is 0 Å². The van der Waals surface area contributed by atoms with Crippen LogP contribution in [0.5, 0.6) is 0 Å². The normalized spacial score (nSPS) is 12.4. The smallest absolute Gasteiger partial charge is 0.332 e. The lowest BCUT2D eigenvalue weighted by atomic mass is 10.3. The summed E-state index contributed by atoms with van der Waals surface area (Å²) in [6.45, 7) is -0.390. The van der Waals surface area contributed by atoms with E-state index >= 15 is 0 Å². The van der Waals surface area contributed by atoms with E-state index in [1.54, 1.807) is 0 Å². The molecule has 15 heavy (non-hydrogen) atoms. The minimum atomic E-state index is -4.15. The Morgan fingerprint density at radius 2 is 2.13 bits per heavy atom. The van der Waals surface area contributed by atoms with E-state index in [1.807, 2.05) is 0 Å². The van der Waals surface area contributed by atoms with Crippen LogP contribution in [0.15, 0.2) is 0 Å². The van der Waals surface area contributed by atoms with Gasteiger partial charge in [-0.3, -0.25) is 9.68 Å². The van der Waals surface area contributed by atoms with Crippen LogP contribution in [0.3, 0.4) is 0 Å². The van der Waals surface area contributed by atoms with Crippen LogP contribution in [0.1, 0.15) is 6.42 Å². The third-order valence-electron chi connectivity index (χ3n) is 1.05. The molecule has 0 heterocycles. The minimum absolute atomic E-state index is 0.128. The molecule has 0 aliphatic rings. The summed E-state index contributed by atoms with van der Waals surface area (Å²) in [5.41, 5.74) is 0. The molecule has 0 aromatic rings. The standard InChI is InChI=1S/C7H10O7S/c8-4-2-1-3-7(10)5-15(11,12)14-13-6-9/h6-8,10H,2,4-5H2. The topological polar surface area (TPSA) is 110 Å². The molecule has 0 fully saturated rings. The van der Waals surface area contributed by atoms with Gasteiger partial charge in [-0.15, -0.1) is 0 Å². The molecule has 0 radical (unpaired) electrons. The molecule has 1 atom stereocenters. The van der Waals surface area contributed by atoms with Crippen molar-refractivity contribution in [1.29, 1.82) is 0 Å². The van der Waals surface area contributed by atoms with Gasteiger partial charge in [0.25, 0.3) is 0 Å². The van der Waals surface area contributed by atoms with Gasteiger partial charge in [0.1, 0.15) is 11.9 Å². The van der Waals surface area contributed by atoms with E-state index in [2.05, 4.69) is 21.1 Å². The molecule has 0 aromatic heterocycles. The molecule has 86 valence electrons. The van der Waals surface area contributed by atoms with Gasteiger partial charge in [0, 0.05) is 6.42 Å². The molecule has 2 N–H and O–H groups in total. The first-order valence-electron chi connectivity index (χ1n) is 3.80. The summed E-state index contributed by atoms with van der Waals surface area (Å²) in [7, 11) is -4.15. The van der Waals surface area contributed by atoms with E-state index in [0.29, 0.717) is 0 Å². The maximum Gasteiger partial charge on any atom is 0.332 e. The molecule has 0 amide bonds. The van der Waals surface area contributed by atoms with E-state index < -0.39 is 22.0 Å². The number of hydrogen-bond acceptors (Lipinski definition) is 7. The van der Waals surface area contributed by atoms with Crippen LogP contribution < -0.4 is 0 Å². The summed E-state index contributed by atoms with van der Waals surface area (Å²) in [6.07, 6.45) is -1.33. The van der Waals surface area contributed by atoms with Crippen LogP contribution in [-0.2, 0) is 24.1 Å². The van der Waals surface area contributed by atoms with Gasteiger partial charge in [-0.1, -0.05) is 16.2 Å². The predicted molar refractivity (Wildman–Crippen MR) is 47.5 cm³/mol. The molecule has 0 aliphatic carbocycles. The van der Waals surface area contributed by atoms with Crippen LogP contribution in [-0.4, -0.2) is 43.6 Å². The highest BCUT2D eigenvalue weighted by atomic mass is 32.2. The largest absolute Gasteiger partial charge is 0.395 e. The first kappa shape index (κ1) is 13.9. The van der Waals surface area contributed by atoms with Crippen molar-refractivity contribution in [2.24, 2.45) is 0 Å². The quantitative estimate of drug-likeness (QED) is 0.242. The van der Waals surface area contributed by atoms with Crippen molar-refractivity contribution in [3.63, 3.8) is 0 Å². The zero-order valence-electron chi connectivity index (χ0n) is 7.62. The Morgan fingerprint density at radius 3 is 2.67 bits per heavy atom. The molecule has 8 heteroatoms. The van der Waals surface area contributed by atoms with E-state index in [0.717, 1.165) is 0 Å². The fourth-order valence-corrected chi connectivity index (χ4v) is 1.26. The number of rotatable bonds is 6. The first-order chi connectivity index (χ1) is 7.02. The molecule has 1 unspecified atom stereocenters. The molecular weight excluding hydrogens is 228 g/mol. The van der Waals surface area contributed by atoms with Gasteiger partial charge in [0.15, 0.2) is 0 Å². The Balaban J connectivity index is 4.11. The second-order valence-corrected chi connectivity index (χ2v) is 3.88. The molecule has 0 aliphatic heterocycles. The van der Waals surface area contributed by atoms with Gasteiger partial charge in [-0.25, -0.2) is 0 Å². The predicted octanol–water partition coefficient (Wildman–Crippen LogP) is -1.83. The lowest BCUT2D eigenvalue weighted by molar-refractivity contribution is -0.193. The van der Waals surface area contributed by atoms with Crippen molar-refractivity contribution >= 4 is 16.6 Å². The Labute approximate surface area is 86.7 Å². The highest BCUT2D eigenvalue weighted by molar-refractivity contribution is 7.86. The molecule has 7 nitrogen and oxygen atoms in total. The molecule has 0 rings (SSSR count). The number of carbonyl (C=O) groups excluding carboxylic acids is 1. The summed E-state index contributed by atoms with van der Waals surface area (Å²) < 4.78 is 25.4. The number of aliphatic hydroxyl groups excluding tert-OH is 2. The van der Waals surface area contributed by atoms with Gasteiger partial charge in [-0.2, -0.15) is 8.42 Å². The molecule has 0 saturated heterocycles. The zero-order valence-corrected chi connectivity index (χ0v) is 8.44. The summed E-state index contributed by atoms with van der Waals surface area (Å²) in [6, 6.07) is 0. The van der Waals surface area contributed by atoms with Crippen molar-refractivity contribution < 1.29 is 32.6 Å². The molecule has 0 spiro atoms. The first-order valence-corrected chi connectivity index (χ1v) is 5.38. The van der Waals surface area contributed by atoms with E-state index in [4.69, 9.17) is 10.2 Å². The lowest BCUT2D eigenvalue weighted by Gasteiger charge is -2.02. The lowest BCUT2D eigenvalue weighted by Crippen LogP contribution is -2.21. The number of hydrogen-bond donors (Lipinski definition) is 2. The third-order valence-corrected chi connectivity index (χ3v) is 2.06. The average Bonchev–Trinajstić information content (AvgIpc) is 2.14. The van der Waals surface area contributed by atoms with Crippen molar-refractivity contribution in [2.45, 2.75) is 12.5 Å². The molecule has 0 aromatic carbocycles. The summed E-state index contributed by atoms with van der Waals surface area (Å²) >= 11 is 0. The SMILES string of the molecule is O=COOS(=O)(=O)CC(O)C#CCCO. The molecule has 0 saturated carbocycles. The number of carbonyl (C=O) groups is 1.